The predicted octanol–water partition coefficient (Wildman–Crippen LogP) is 2.92. The number of pyridine rings is 1. The molecule has 4 heteroatoms. The van der Waals surface area contributed by atoms with E-state index in [1.807, 2.05) is 25.1 Å². The van der Waals surface area contributed by atoms with E-state index in [1.165, 1.54) is 11.1 Å². The molecule has 0 spiro atoms. The molecule has 2 aromatic rings. The van der Waals surface area contributed by atoms with Crippen LogP contribution in [0.5, 0.6) is 11.5 Å². The Morgan fingerprint density at radius 3 is 2.90 bits per heavy atom. The van der Waals surface area contributed by atoms with E-state index in [0.29, 0.717) is 6.61 Å². The van der Waals surface area contributed by atoms with Gasteiger partial charge in [-0.3, -0.25) is 4.98 Å². The van der Waals surface area contributed by atoms with Crippen molar-refractivity contribution in [2.75, 3.05) is 7.11 Å². The lowest BCUT2D eigenvalue weighted by Gasteiger charge is -2.10. The summed E-state index contributed by atoms with van der Waals surface area (Å²) < 4.78 is 11.1. The van der Waals surface area contributed by atoms with Crippen LogP contribution in [0.2, 0.25) is 0 Å². The standard InChI is InChI=1S/C17H20N2O2/c1-11-7-15(20-2)9-13(19-11)10-21-14-4-5-16-12(8-14)3-6-17(16)18/h4-5,7-9,17H,3,6,10,18H2,1-2H3. The maximum atomic E-state index is 6.05. The first kappa shape index (κ1) is 13.9. The van der Waals surface area contributed by atoms with E-state index in [0.717, 1.165) is 35.7 Å². The molecule has 0 aliphatic heterocycles. The zero-order valence-corrected chi connectivity index (χ0v) is 12.4. The molecule has 0 saturated heterocycles. The smallest absolute Gasteiger partial charge is 0.130 e. The van der Waals surface area contributed by atoms with Crippen LogP contribution in [-0.4, -0.2) is 12.1 Å². The minimum atomic E-state index is 0.178. The highest BCUT2D eigenvalue weighted by Crippen LogP contribution is 2.32. The molecule has 1 aromatic heterocycles. The lowest BCUT2D eigenvalue weighted by Crippen LogP contribution is -2.05. The number of aryl methyl sites for hydroxylation is 2. The van der Waals surface area contributed by atoms with Crippen LogP contribution in [0.4, 0.5) is 0 Å². The van der Waals surface area contributed by atoms with E-state index in [4.69, 9.17) is 15.2 Å². The monoisotopic (exact) mass is 284 g/mol. The van der Waals surface area contributed by atoms with Crippen molar-refractivity contribution >= 4 is 0 Å². The lowest BCUT2D eigenvalue weighted by atomic mass is 10.1. The summed E-state index contributed by atoms with van der Waals surface area (Å²) in [7, 11) is 1.66. The third kappa shape index (κ3) is 3.00. The van der Waals surface area contributed by atoms with Gasteiger partial charge in [0.25, 0.3) is 0 Å². The molecular weight excluding hydrogens is 264 g/mol. The van der Waals surface area contributed by atoms with Gasteiger partial charge in [-0.25, -0.2) is 0 Å². The fourth-order valence-electron chi connectivity index (χ4n) is 2.77. The summed E-state index contributed by atoms with van der Waals surface area (Å²) in [4.78, 5) is 4.46. The van der Waals surface area contributed by atoms with Crippen LogP contribution in [0, 0.1) is 6.92 Å². The van der Waals surface area contributed by atoms with E-state index < -0.39 is 0 Å². The minimum absolute atomic E-state index is 0.178. The molecule has 1 heterocycles. The van der Waals surface area contributed by atoms with Gasteiger partial charge in [-0.1, -0.05) is 6.07 Å². The SMILES string of the molecule is COc1cc(C)nc(COc2ccc3c(c2)CCC3N)c1. The Balaban J connectivity index is 1.72. The van der Waals surface area contributed by atoms with Crippen LogP contribution in [0.15, 0.2) is 30.3 Å². The molecule has 110 valence electrons. The van der Waals surface area contributed by atoms with Crippen molar-refractivity contribution in [1.82, 2.24) is 4.98 Å². The number of methoxy groups -OCH3 is 1. The van der Waals surface area contributed by atoms with Crippen molar-refractivity contribution in [3.8, 4) is 11.5 Å². The fourth-order valence-corrected chi connectivity index (χ4v) is 2.77. The van der Waals surface area contributed by atoms with Crippen LogP contribution in [0.3, 0.4) is 0 Å². The molecule has 0 radical (unpaired) electrons. The van der Waals surface area contributed by atoms with Gasteiger partial charge in [-0.2, -0.15) is 0 Å². The molecule has 2 N–H and O–H groups in total. The van der Waals surface area contributed by atoms with Crippen LogP contribution in [-0.2, 0) is 13.0 Å². The number of fused-ring (bicyclic) bond motifs is 1. The average molecular weight is 284 g/mol. The predicted molar refractivity (Wildman–Crippen MR) is 81.5 cm³/mol. The molecule has 0 amide bonds. The number of aromatic nitrogens is 1. The van der Waals surface area contributed by atoms with Crippen LogP contribution >= 0.6 is 0 Å². The second-order valence-electron chi connectivity index (χ2n) is 5.43. The molecule has 1 atom stereocenters. The Hall–Kier alpha value is -2.07. The lowest BCUT2D eigenvalue weighted by molar-refractivity contribution is 0.299. The molecule has 3 rings (SSSR count). The molecule has 0 saturated carbocycles. The summed E-state index contributed by atoms with van der Waals surface area (Å²) in [6.45, 7) is 2.38. The van der Waals surface area contributed by atoms with Gasteiger partial charge in [0, 0.05) is 23.9 Å². The Kier molecular flexibility index (Phi) is 3.80. The summed E-state index contributed by atoms with van der Waals surface area (Å²) >= 11 is 0. The van der Waals surface area contributed by atoms with Gasteiger partial charge in [-0.05, 0) is 43.0 Å². The first-order valence-corrected chi connectivity index (χ1v) is 7.18. The molecule has 1 aliphatic carbocycles. The van der Waals surface area contributed by atoms with Crippen molar-refractivity contribution in [3.63, 3.8) is 0 Å². The molecule has 0 fully saturated rings. The number of ether oxygens (including phenoxy) is 2. The molecule has 1 unspecified atom stereocenters. The quantitative estimate of drug-likeness (QED) is 0.938. The summed E-state index contributed by atoms with van der Waals surface area (Å²) in [5.41, 5.74) is 10.4. The third-order valence-electron chi connectivity index (χ3n) is 3.84. The zero-order chi connectivity index (χ0) is 14.8. The summed E-state index contributed by atoms with van der Waals surface area (Å²) in [5.74, 6) is 1.67. The van der Waals surface area contributed by atoms with Crippen molar-refractivity contribution in [3.05, 3.63) is 52.8 Å². The second-order valence-corrected chi connectivity index (χ2v) is 5.43. The Morgan fingerprint density at radius 2 is 2.10 bits per heavy atom. The van der Waals surface area contributed by atoms with E-state index >= 15 is 0 Å². The number of nitrogens with zero attached hydrogens (tertiary/aromatic N) is 1. The van der Waals surface area contributed by atoms with Gasteiger partial charge in [0.15, 0.2) is 0 Å². The summed E-state index contributed by atoms with van der Waals surface area (Å²) in [5, 5.41) is 0. The van der Waals surface area contributed by atoms with Crippen LogP contribution < -0.4 is 15.2 Å². The average Bonchev–Trinajstić information content (AvgIpc) is 2.85. The van der Waals surface area contributed by atoms with Crippen molar-refractivity contribution in [2.45, 2.75) is 32.4 Å². The molecule has 1 aliphatic rings. The number of hydrogen-bond acceptors (Lipinski definition) is 4. The number of benzene rings is 1. The topological polar surface area (TPSA) is 57.4 Å². The zero-order valence-electron chi connectivity index (χ0n) is 12.4. The van der Waals surface area contributed by atoms with E-state index in [1.54, 1.807) is 7.11 Å². The number of rotatable bonds is 4. The van der Waals surface area contributed by atoms with Gasteiger partial charge in [0.2, 0.25) is 0 Å². The molecular formula is C17H20N2O2. The molecule has 1 aromatic carbocycles. The first-order valence-electron chi connectivity index (χ1n) is 7.18. The maximum absolute atomic E-state index is 6.05. The highest BCUT2D eigenvalue weighted by molar-refractivity contribution is 5.40. The Bertz CT molecular complexity index is 655. The fraction of sp³-hybridized carbons (Fsp3) is 0.353. The molecule has 4 nitrogen and oxygen atoms in total. The van der Waals surface area contributed by atoms with Gasteiger partial charge in [0.05, 0.1) is 12.8 Å². The summed E-state index contributed by atoms with van der Waals surface area (Å²) in [6, 6.07) is 10.1. The molecule has 21 heavy (non-hydrogen) atoms. The van der Waals surface area contributed by atoms with Gasteiger partial charge in [-0.15, -0.1) is 0 Å². The second kappa shape index (κ2) is 5.74. The molecule has 0 bridgehead atoms. The van der Waals surface area contributed by atoms with Gasteiger partial charge in [0.1, 0.15) is 18.1 Å². The van der Waals surface area contributed by atoms with Crippen molar-refractivity contribution < 1.29 is 9.47 Å². The Labute approximate surface area is 124 Å². The highest BCUT2D eigenvalue weighted by atomic mass is 16.5. The highest BCUT2D eigenvalue weighted by Gasteiger charge is 2.19. The number of nitrogens with two attached hydrogens (primary N) is 1. The maximum Gasteiger partial charge on any atom is 0.130 e. The third-order valence-corrected chi connectivity index (χ3v) is 3.84. The van der Waals surface area contributed by atoms with E-state index in [-0.39, 0.29) is 6.04 Å². The van der Waals surface area contributed by atoms with E-state index in [9.17, 15) is 0 Å². The van der Waals surface area contributed by atoms with Gasteiger partial charge < -0.3 is 15.2 Å². The first-order chi connectivity index (χ1) is 10.2. The Morgan fingerprint density at radius 1 is 1.24 bits per heavy atom. The normalized spacial score (nSPS) is 16.6. The minimum Gasteiger partial charge on any atom is -0.497 e. The van der Waals surface area contributed by atoms with Crippen LogP contribution in [0.1, 0.15) is 35.0 Å². The van der Waals surface area contributed by atoms with Gasteiger partial charge >= 0.3 is 0 Å². The summed E-state index contributed by atoms with van der Waals surface area (Å²) in [6.07, 6.45) is 2.06. The van der Waals surface area contributed by atoms with Crippen molar-refractivity contribution in [1.29, 1.82) is 0 Å². The van der Waals surface area contributed by atoms with E-state index in [2.05, 4.69) is 17.1 Å². The largest absolute Gasteiger partial charge is 0.497 e. The number of hydrogen-bond donors (Lipinski definition) is 1. The van der Waals surface area contributed by atoms with Crippen molar-refractivity contribution in [2.24, 2.45) is 5.73 Å². The van der Waals surface area contributed by atoms with Crippen LogP contribution in [0.25, 0.3) is 0 Å².